The van der Waals surface area contributed by atoms with Crippen LogP contribution in [0.2, 0.25) is 0 Å². The third kappa shape index (κ3) is 2.66. The van der Waals surface area contributed by atoms with Crippen molar-refractivity contribution in [2.45, 2.75) is 4.90 Å². The monoisotopic (exact) mass is 299 g/mol. The largest absolute Gasteiger partial charge is 0.325 e. The Kier molecular flexibility index (Phi) is 3.52. The van der Waals surface area contributed by atoms with Crippen molar-refractivity contribution in [2.24, 2.45) is 0 Å². The highest BCUT2D eigenvalue weighted by Crippen LogP contribution is 2.27. The fourth-order valence-corrected chi connectivity index (χ4v) is 2.49. The molecule has 20 heavy (non-hydrogen) atoms. The first-order valence-electron chi connectivity index (χ1n) is 5.01. The normalized spacial score (nSPS) is 11.1. The number of nitro benzene ring substituents is 1. The molecule has 0 saturated carbocycles. The molecule has 0 spiro atoms. The van der Waals surface area contributed by atoms with E-state index < -0.39 is 31.3 Å². The minimum atomic E-state index is -4.41. The summed E-state index contributed by atoms with van der Waals surface area (Å²) in [5.41, 5.74) is -1.15. The number of hydrogen-bond acceptors (Lipinski definition) is 7. The lowest BCUT2D eigenvalue weighted by molar-refractivity contribution is -0.390. The molecule has 0 radical (unpaired) electrons. The van der Waals surface area contributed by atoms with Crippen molar-refractivity contribution in [1.29, 1.82) is 0 Å². The van der Waals surface area contributed by atoms with Crippen molar-refractivity contribution in [3.63, 3.8) is 0 Å². The van der Waals surface area contributed by atoms with Crippen molar-refractivity contribution < 1.29 is 17.7 Å². The second kappa shape index (κ2) is 5.13. The van der Waals surface area contributed by atoms with Gasteiger partial charge in [-0.15, -0.1) is 5.10 Å². The van der Waals surface area contributed by atoms with Gasteiger partial charge in [-0.1, -0.05) is 6.07 Å². The van der Waals surface area contributed by atoms with Gasteiger partial charge in [0, 0.05) is 0 Å². The molecule has 9 nitrogen and oxygen atoms in total. The van der Waals surface area contributed by atoms with Gasteiger partial charge >= 0.3 is 5.69 Å². The molecule has 1 aromatic carbocycles. The van der Waals surface area contributed by atoms with Crippen molar-refractivity contribution >= 4 is 21.7 Å². The van der Waals surface area contributed by atoms with E-state index in [1.807, 2.05) is 4.72 Å². The number of aromatic nitrogens is 3. The van der Waals surface area contributed by atoms with E-state index in [0.717, 1.165) is 18.2 Å². The lowest BCUT2D eigenvalue weighted by Gasteiger charge is -2.06. The predicted molar refractivity (Wildman–Crippen MR) is 63.7 cm³/mol. The first kappa shape index (κ1) is 13.7. The fourth-order valence-electron chi connectivity index (χ4n) is 1.36. The number of sulfonamides is 1. The van der Waals surface area contributed by atoms with Crippen LogP contribution in [-0.2, 0) is 10.0 Å². The average molecular weight is 299 g/mol. The maximum atomic E-state index is 13.4. The molecule has 2 aromatic rings. The zero-order valence-corrected chi connectivity index (χ0v) is 10.4. The number of benzene rings is 1. The van der Waals surface area contributed by atoms with E-state index in [0.29, 0.717) is 0 Å². The zero-order valence-electron chi connectivity index (χ0n) is 9.59. The van der Waals surface area contributed by atoms with E-state index >= 15 is 0 Å². The highest BCUT2D eigenvalue weighted by Gasteiger charge is 2.30. The number of nitrogens with one attached hydrogen (secondary N) is 1. The summed E-state index contributed by atoms with van der Waals surface area (Å²) in [4.78, 5) is 12.4. The number of hydrogen-bond donors (Lipinski definition) is 1. The summed E-state index contributed by atoms with van der Waals surface area (Å²) >= 11 is 0. The van der Waals surface area contributed by atoms with Crippen molar-refractivity contribution in [3.8, 4) is 0 Å². The molecule has 0 amide bonds. The highest BCUT2D eigenvalue weighted by molar-refractivity contribution is 7.92. The van der Waals surface area contributed by atoms with Crippen LogP contribution in [0.15, 0.2) is 35.5 Å². The number of nitrogens with zero attached hydrogens (tertiary/aromatic N) is 4. The maximum absolute atomic E-state index is 13.4. The number of nitro groups is 1. The van der Waals surface area contributed by atoms with E-state index in [-0.39, 0.29) is 5.95 Å². The summed E-state index contributed by atoms with van der Waals surface area (Å²) in [6, 6.07) is 2.73. The Hall–Kier alpha value is -2.69. The number of halogens is 1. The summed E-state index contributed by atoms with van der Waals surface area (Å²) in [5.74, 6) is -1.64. The van der Waals surface area contributed by atoms with Crippen LogP contribution in [0, 0.1) is 15.9 Å². The molecule has 1 aromatic heterocycles. The van der Waals surface area contributed by atoms with E-state index in [9.17, 15) is 22.9 Å². The van der Waals surface area contributed by atoms with E-state index in [4.69, 9.17) is 0 Å². The maximum Gasteiger partial charge on any atom is 0.325 e. The Morgan fingerprint density at radius 2 is 2.05 bits per heavy atom. The standard InChI is InChI=1S/C9H6FN5O4S/c10-6-2-1-3-7(8(6)15(16)17)20(18,19)14-9-11-4-5-12-13-9/h1-5H,(H,11,13,14). The van der Waals surface area contributed by atoms with Gasteiger partial charge in [-0.3, -0.25) is 10.1 Å². The van der Waals surface area contributed by atoms with Gasteiger partial charge in [0.1, 0.15) is 0 Å². The molecule has 0 aliphatic heterocycles. The van der Waals surface area contributed by atoms with Crippen LogP contribution in [0.4, 0.5) is 16.0 Å². The van der Waals surface area contributed by atoms with Gasteiger partial charge in [-0.2, -0.15) is 9.49 Å². The lowest BCUT2D eigenvalue weighted by atomic mass is 10.3. The number of anilines is 1. The Morgan fingerprint density at radius 1 is 1.30 bits per heavy atom. The molecule has 1 N–H and O–H groups in total. The molecule has 2 rings (SSSR count). The summed E-state index contributed by atoms with van der Waals surface area (Å²) < 4.78 is 39.2. The Balaban J connectivity index is 2.50. The summed E-state index contributed by atoms with van der Waals surface area (Å²) in [6.07, 6.45) is 2.38. The van der Waals surface area contributed by atoms with Crippen LogP contribution in [0.5, 0.6) is 0 Å². The average Bonchev–Trinajstić information content (AvgIpc) is 2.38. The fraction of sp³-hybridized carbons (Fsp3) is 0. The SMILES string of the molecule is O=[N+]([O-])c1c(F)cccc1S(=O)(=O)Nc1nccnn1. The van der Waals surface area contributed by atoms with Gasteiger partial charge in [0.2, 0.25) is 5.82 Å². The molecule has 0 aliphatic rings. The minimum Gasteiger partial charge on any atom is -0.258 e. The Bertz CT molecular complexity index is 752. The van der Waals surface area contributed by atoms with Gasteiger partial charge in [-0.05, 0) is 12.1 Å². The lowest BCUT2D eigenvalue weighted by Crippen LogP contribution is -2.17. The molecular weight excluding hydrogens is 293 g/mol. The predicted octanol–water partition coefficient (Wildman–Crippen LogP) is 0.720. The van der Waals surface area contributed by atoms with Crippen molar-refractivity contribution in [3.05, 3.63) is 46.5 Å². The third-order valence-electron chi connectivity index (χ3n) is 2.13. The summed E-state index contributed by atoms with van der Waals surface area (Å²) in [7, 11) is -4.41. The first-order valence-corrected chi connectivity index (χ1v) is 6.49. The molecule has 11 heteroatoms. The van der Waals surface area contributed by atoms with Crippen LogP contribution < -0.4 is 4.72 Å². The van der Waals surface area contributed by atoms with Gasteiger partial charge in [0.25, 0.3) is 16.0 Å². The molecule has 0 saturated heterocycles. The molecule has 1 heterocycles. The van der Waals surface area contributed by atoms with Gasteiger partial charge in [0.05, 0.1) is 17.3 Å². The van der Waals surface area contributed by atoms with Crippen molar-refractivity contribution in [1.82, 2.24) is 15.2 Å². The smallest absolute Gasteiger partial charge is 0.258 e. The Morgan fingerprint density at radius 3 is 2.65 bits per heavy atom. The van der Waals surface area contributed by atoms with Crippen LogP contribution >= 0.6 is 0 Å². The molecular formula is C9H6FN5O4S. The molecule has 0 unspecified atom stereocenters. The van der Waals surface area contributed by atoms with Gasteiger partial charge in [0.15, 0.2) is 4.90 Å². The molecule has 0 bridgehead atoms. The Labute approximate surface area is 111 Å². The number of para-hydroxylation sites is 1. The second-order valence-electron chi connectivity index (χ2n) is 3.42. The first-order chi connectivity index (χ1) is 9.42. The van der Waals surface area contributed by atoms with Crippen LogP contribution in [0.1, 0.15) is 0 Å². The van der Waals surface area contributed by atoms with Crippen LogP contribution in [0.3, 0.4) is 0 Å². The quantitative estimate of drug-likeness (QED) is 0.650. The molecule has 104 valence electrons. The second-order valence-corrected chi connectivity index (χ2v) is 5.07. The summed E-state index contributed by atoms with van der Waals surface area (Å²) in [5, 5.41) is 17.5. The van der Waals surface area contributed by atoms with Crippen LogP contribution in [-0.4, -0.2) is 28.5 Å². The van der Waals surface area contributed by atoms with E-state index in [1.54, 1.807) is 0 Å². The van der Waals surface area contributed by atoms with E-state index in [1.165, 1.54) is 12.4 Å². The van der Waals surface area contributed by atoms with Gasteiger partial charge < -0.3 is 0 Å². The molecule has 0 fully saturated rings. The number of rotatable bonds is 4. The molecule has 0 aliphatic carbocycles. The van der Waals surface area contributed by atoms with Crippen LogP contribution in [0.25, 0.3) is 0 Å². The topological polar surface area (TPSA) is 128 Å². The minimum absolute atomic E-state index is 0.383. The highest BCUT2D eigenvalue weighted by atomic mass is 32.2. The zero-order chi connectivity index (χ0) is 14.8. The summed E-state index contributed by atoms with van der Waals surface area (Å²) in [6.45, 7) is 0. The molecule has 0 atom stereocenters. The third-order valence-corrected chi connectivity index (χ3v) is 3.49. The van der Waals surface area contributed by atoms with E-state index in [2.05, 4.69) is 15.2 Å². The van der Waals surface area contributed by atoms with Gasteiger partial charge in [-0.25, -0.2) is 18.1 Å². The van der Waals surface area contributed by atoms with Crippen molar-refractivity contribution in [2.75, 3.05) is 4.72 Å².